The Kier molecular flexibility index (Phi) is 5.11. The van der Waals surface area contributed by atoms with Gasteiger partial charge in [0, 0.05) is 31.6 Å². The Morgan fingerprint density at radius 2 is 2.00 bits per heavy atom. The summed E-state index contributed by atoms with van der Waals surface area (Å²) >= 11 is 0. The maximum atomic E-state index is 12.4. The molecular formula is C22H26N2O4. The Labute approximate surface area is 165 Å². The van der Waals surface area contributed by atoms with Crippen LogP contribution in [-0.2, 0) is 16.1 Å². The van der Waals surface area contributed by atoms with Crippen molar-refractivity contribution in [2.45, 2.75) is 38.6 Å². The first-order chi connectivity index (χ1) is 13.5. The number of carbonyl (C=O) groups is 2. The number of rotatable bonds is 7. The van der Waals surface area contributed by atoms with Crippen molar-refractivity contribution in [3.8, 4) is 5.75 Å². The highest BCUT2D eigenvalue weighted by Gasteiger charge is 2.36. The Bertz CT molecular complexity index is 858. The summed E-state index contributed by atoms with van der Waals surface area (Å²) in [6.07, 6.45) is 2.69. The molecule has 1 saturated heterocycles. The van der Waals surface area contributed by atoms with Crippen molar-refractivity contribution < 1.29 is 18.7 Å². The largest absolute Gasteiger partial charge is 0.484 e. The average molecular weight is 382 g/mol. The molecule has 6 heteroatoms. The van der Waals surface area contributed by atoms with E-state index in [0.29, 0.717) is 30.6 Å². The number of amides is 2. The van der Waals surface area contributed by atoms with E-state index in [4.69, 9.17) is 9.15 Å². The van der Waals surface area contributed by atoms with E-state index in [1.54, 1.807) is 29.0 Å². The summed E-state index contributed by atoms with van der Waals surface area (Å²) in [6, 6.07) is 11.3. The molecular weight excluding hydrogens is 356 g/mol. The van der Waals surface area contributed by atoms with Crippen molar-refractivity contribution in [3.63, 3.8) is 0 Å². The van der Waals surface area contributed by atoms with Crippen LogP contribution in [0.4, 0.5) is 5.69 Å². The fourth-order valence-corrected chi connectivity index (χ4v) is 3.62. The van der Waals surface area contributed by atoms with Crippen LogP contribution in [0.2, 0.25) is 0 Å². The maximum Gasteiger partial charge on any atom is 0.260 e. The second-order valence-corrected chi connectivity index (χ2v) is 7.80. The number of benzene rings is 1. The van der Waals surface area contributed by atoms with E-state index in [1.165, 1.54) is 6.42 Å². The van der Waals surface area contributed by atoms with Crippen LogP contribution in [0.25, 0.3) is 0 Å². The van der Waals surface area contributed by atoms with Gasteiger partial charge in [-0.3, -0.25) is 9.59 Å². The lowest BCUT2D eigenvalue weighted by Gasteiger charge is -2.17. The SMILES string of the molecule is C[C@H]1C[C@H]1c1ccc(CN(C)C(=O)COc2ccc(N3CCCC3=O)cc2)o1. The molecule has 2 aliphatic rings. The van der Waals surface area contributed by atoms with Crippen LogP contribution in [0.5, 0.6) is 5.75 Å². The third kappa shape index (κ3) is 4.06. The molecule has 1 aliphatic heterocycles. The number of ether oxygens (including phenoxy) is 1. The number of carbonyl (C=O) groups excluding carboxylic acids is 2. The Morgan fingerprint density at radius 3 is 2.64 bits per heavy atom. The van der Waals surface area contributed by atoms with Gasteiger partial charge in [0.05, 0.1) is 6.54 Å². The number of anilines is 1. The Balaban J connectivity index is 1.26. The van der Waals surface area contributed by atoms with Gasteiger partial charge in [0.1, 0.15) is 17.3 Å². The first kappa shape index (κ1) is 18.6. The summed E-state index contributed by atoms with van der Waals surface area (Å²) in [5.74, 6) is 3.71. The first-order valence-electron chi connectivity index (χ1n) is 9.87. The van der Waals surface area contributed by atoms with E-state index < -0.39 is 0 Å². The molecule has 1 aromatic carbocycles. The molecule has 2 fully saturated rings. The molecule has 2 amide bonds. The van der Waals surface area contributed by atoms with Crippen molar-refractivity contribution in [1.29, 1.82) is 0 Å². The Hall–Kier alpha value is -2.76. The smallest absolute Gasteiger partial charge is 0.260 e. The van der Waals surface area contributed by atoms with Crippen LogP contribution in [-0.4, -0.2) is 36.9 Å². The molecule has 6 nitrogen and oxygen atoms in total. The molecule has 1 aliphatic carbocycles. The number of nitrogens with zero attached hydrogens (tertiary/aromatic N) is 2. The highest BCUT2D eigenvalue weighted by atomic mass is 16.5. The van der Waals surface area contributed by atoms with E-state index in [9.17, 15) is 9.59 Å². The molecule has 28 heavy (non-hydrogen) atoms. The molecule has 2 atom stereocenters. The summed E-state index contributed by atoms with van der Waals surface area (Å²) < 4.78 is 11.5. The molecule has 0 N–H and O–H groups in total. The van der Waals surface area contributed by atoms with Gasteiger partial charge in [-0.15, -0.1) is 0 Å². The molecule has 0 radical (unpaired) electrons. The predicted molar refractivity (Wildman–Crippen MR) is 105 cm³/mol. The molecule has 2 aromatic rings. The molecule has 0 spiro atoms. The second kappa shape index (κ2) is 7.70. The fraction of sp³-hybridized carbons (Fsp3) is 0.455. The molecule has 0 bridgehead atoms. The maximum absolute atomic E-state index is 12.4. The van der Waals surface area contributed by atoms with Crippen molar-refractivity contribution in [3.05, 3.63) is 47.9 Å². The summed E-state index contributed by atoms with van der Waals surface area (Å²) in [5.41, 5.74) is 0.872. The zero-order chi connectivity index (χ0) is 19.7. The molecule has 0 unspecified atom stereocenters. The molecule has 2 heterocycles. The lowest BCUT2D eigenvalue weighted by atomic mass is 10.3. The standard InChI is InChI=1S/C22H26N2O4/c1-15-12-19(15)20-10-9-18(28-20)13-23(2)22(26)14-27-17-7-5-16(6-8-17)24-11-3-4-21(24)25/h5-10,15,19H,3-4,11-14H2,1-2H3/t15-,19+/m0/s1. The zero-order valence-corrected chi connectivity index (χ0v) is 16.4. The van der Waals surface area contributed by atoms with Crippen molar-refractivity contribution in [1.82, 2.24) is 4.90 Å². The summed E-state index contributed by atoms with van der Waals surface area (Å²) in [5, 5.41) is 0. The topological polar surface area (TPSA) is 63.0 Å². The van der Waals surface area contributed by atoms with Crippen molar-refractivity contribution >= 4 is 17.5 Å². The number of hydrogen-bond donors (Lipinski definition) is 0. The van der Waals surface area contributed by atoms with E-state index in [0.717, 1.165) is 30.2 Å². The molecule has 148 valence electrons. The van der Waals surface area contributed by atoms with E-state index in [2.05, 4.69) is 6.92 Å². The van der Waals surface area contributed by atoms with Crippen LogP contribution in [0.3, 0.4) is 0 Å². The molecule has 1 aromatic heterocycles. The fourth-order valence-electron chi connectivity index (χ4n) is 3.62. The third-order valence-electron chi connectivity index (χ3n) is 5.56. The van der Waals surface area contributed by atoms with Crippen LogP contribution < -0.4 is 9.64 Å². The zero-order valence-electron chi connectivity index (χ0n) is 16.4. The predicted octanol–water partition coefficient (Wildman–Crippen LogP) is 3.57. The van der Waals surface area contributed by atoms with Crippen LogP contribution in [0, 0.1) is 5.92 Å². The lowest BCUT2D eigenvalue weighted by Crippen LogP contribution is -2.30. The molecule has 4 rings (SSSR count). The Morgan fingerprint density at radius 1 is 1.25 bits per heavy atom. The van der Waals surface area contributed by atoms with Gasteiger partial charge in [-0.1, -0.05) is 6.92 Å². The monoisotopic (exact) mass is 382 g/mol. The van der Waals surface area contributed by atoms with Crippen LogP contribution in [0.15, 0.2) is 40.8 Å². The van der Waals surface area contributed by atoms with Gasteiger partial charge in [-0.05, 0) is 55.2 Å². The summed E-state index contributed by atoms with van der Waals surface area (Å²) in [7, 11) is 1.75. The summed E-state index contributed by atoms with van der Waals surface area (Å²) in [6.45, 7) is 3.37. The van der Waals surface area contributed by atoms with Crippen LogP contribution >= 0.6 is 0 Å². The minimum absolute atomic E-state index is 0.0360. The van der Waals surface area contributed by atoms with Gasteiger partial charge in [0.2, 0.25) is 5.91 Å². The normalized spacial score (nSPS) is 21.1. The quantitative estimate of drug-likeness (QED) is 0.734. The van der Waals surface area contributed by atoms with Gasteiger partial charge in [-0.25, -0.2) is 0 Å². The van der Waals surface area contributed by atoms with Gasteiger partial charge < -0.3 is 19.0 Å². The minimum Gasteiger partial charge on any atom is -0.484 e. The van der Waals surface area contributed by atoms with E-state index in [-0.39, 0.29) is 18.4 Å². The number of hydrogen-bond acceptors (Lipinski definition) is 4. The summed E-state index contributed by atoms with van der Waals surface area (Å²) in [4.78, 5) is 27.5. The number of likely N-dealkylation sites (N-methyl/N-ethyl adjacent to an activating group) is 1. The highest BCUT2D eigenvalue weighted by Crippen LogP contribution is 2.47. The van der Waals surface area contributed by atoms with E-state index in [1.807, 2.05) is 24.3 Å². The second-order valence-electron chi connectivity index (χ2n) is 7.80. The van der Waals surface area contributed by atoms with Crippen molar-refractivity contribution in [2.75, 3.05) is 25.1 Å². The minimum atomic E-state index is -0.114. The van der Waals surface area contributed by atoms with Gasteiger partial charge in [0.15, 0.2) is 6.61 Å². The molecule has 1 saturated carbocycles. The van der Waals surface area contributed by atoms with Crippen LogP contribution in [0.1, 0.15) is 43.6 Å². The van der Waals surface area contributed by atoms with Crippen molar-refractivity contribution in [2.24, 2.45) is 5.92 Å². The van der Waals surface area contributed by atoms with Gasteiger partial charge in [0.25, 0.3) is 5.91 Å². The number of furan rings is 1. The lowest BCUT2D eigenvalue weighted by molar-refractivity contribution is -0.132. The first-order valence-corrected chi connectivity index (χ1v) is 9.87. The van der Waals surface area contributed by atoms with Gasteiger partial charge in [-0.2, -0.15) is 0 Å². The van der Waals surface area contributed by atoms with E-state index >= 15 is 0 Å². The van der Waals surface area contributed by atoms with Gasteiger partial charge >= 0.3 is 0 Å². The highest BCUT2D eigenvalue weighted by molar-refractivity contribution is 5.95. The third-order valence-corrected chi connectivity index (χ3v) is 5.56. The average Bonchev–Trinajstić information content (AvgIpc) is 3.06.